The Morgan fingerprint density at radius 2 is 1.44 bits per heavy atom. The number of methoxy groups -OCH3 is 2. The van der Waals surface area contributed by atoms with Gasteiger partial charge in [-0.1, -0.05) is 37.3 Å². The second kappa shape index (κ2) is 14.5. The van der Waals surface area contributed by atoms with E-state index >= 15 is 0 Å². The molecule has 8 heteroatoms. The summed E-state index contributed by atoms with van der Waals surface area (Å²) < 4.78 is 13.9. The minimum absolute atomic E-state index is 0.214. The number of carbonyl (C=O) groups is 1. The second-order valence-corrected chi connectivity index (χ2v) is 13.0. The van der Waals surface area contributed by atoms with E-state index < -0.39 is 0 Å². The lowest BCUT2D eigenvalue weighted by atomic mass is 10.0. The molecular weight excluding hydrogens is 598 g/mol. The van der Waals surface area contributed by atoms with E-state index in [9.17, 15) is 4.79 Å². The van der Waals surface area contributed by atoms with Crippen LogP contribution in [0.15, 0.2) is 84.9 Å². The number of benzene rings is 4. The van der Waals surface area contributed by atoms with Gasteiger partial charge in [0, 0.05) is 90.6 Å². The van der Waals surface area contributed by atoms with Crippen LogP contribution in [0.5, 0.6) is 11.5 Å². The number of piperazine rings is 1. The highest BCUT2D eigenvalue weighted by molar-refractivity contribution is 6.05. The van der Waals surface area contributed by atoms with Crippen LogP contribution < -0.4 is 20.1 Å². The number of fused-ring (bicyclic) bond motifs is 1. The summed E-state index contributed by atoms with van der Waals surface area (Å²) in [6.45, 7) is 13.6. The first kappa shape index (κ1) is 33.1. The van der Waals surface area contributed by atoms with Crippen molar-refractivity contribution in [1.82, 2.24) is 14.4 Å². The maximum absolute atomic E-state index is 13.2. The molecule has 0 aliphatic carbocycles. The normalized spacial score (nSPS) is 14.5. The number of rotatable bonds is 11. The highest BCUT2D eigenvalue weighted by Gasteiger charge is 2.19. The third-order valence-corrected chi connectivity index (χ3v) is 9.56. The quantitative estimate of drug-likeness (QED) is 0.153. The first-order valence-electron chi connectivity index (χ1n) is 16.7. The van der Waals surface area contributed by atoms with E-state index in [0.717, 1.165) is 61.8 Å². The summed E-state index contributed by atoms with van der Waals surface area (Å²) in [7, 11) is 5.44. The summed E-state index contributed by atoms with van der Waals surface area (Å²) >= 11 is 0. The van der Waals surface area contributed by atoms with E-state index in [-0.39, 0.29) is 5.91 Å². The molecule has 1 aliphatic rings. The summed E-state index contributed by atoms with van der Waals surface area (Å²) in [5.74, 6) is 1.59. The van der Waals surface area contributed by atoms with Crippen molar-refractivity contribution in [2.75, 3.05) is 64.6 Å². The fraction of sp³-hybridized carbons (Fsp3) is 0.325. The van der Waals surface area contributed by atoms with Gasteiger partial charge in [-0.25, -0.2) is 0 Å². The zero-order chi connectivity index (χ0) is 33.8. The zero-order valence-electron chi connectivity index (χ0n) is 29.0. The Morgan fingerprint density at radius 3 is 2.08 bits per heavy atom. The largest absolute Gasteiger partial charge is 0.496 e. The lowest BCUT2D eigenvalue weighted by Gasteiger charge is -2.34. The van der Waals surface area contributed by atoms with Crippen LogP contribution in [-0.2, 0) is 6.54 Å². The molecule has 0 radical (unpaired) electrons. The molecule has 250 valence electrons. The molecule has 1 aromatic heterocycles. The van der Waals surface area contributed by atoms with Crippen LogP contribution in [0, 0.1) is 19.8 Å². The predicted octanol–water partition coefficient (Wildman–Crippen LogP) is 7.82. The van der Waals surface area contributed by atoms with Crippen LogP contribution in [0.3, 0.4) is 0 Å². The van der Waals surface area contributed by atoms with Gasteiger partial charge in [0.25, 0.3) is 5.91 Å². The maximum atomic E-state index is 13.2. The fourth-order valence-corrected chi connectivity index (χ4v) is 6.75. The lowest BCUT2D eigenvalue weighted by molar-refractivity contribution is 0.102. The minimum atomic E-state index is -0.214. The number of amides is 1. The SMILES string of the molecule is COc1cc(NC(=O)c2ccc(Nc3ccc4c(c3)c(C)c(C)n4C[C@H](C)CN3CCN(C)CC3)cc2)cc(OC)c1-c1ccccc1. The smallest absolute Gasteiger partial charge is 0.255 e. The van der Waals surface area contributed by atoms with Crippen molar-refractivity contribution in [3.05, 3.63) is 102 Å². The van der Waals surface area contributed by atoms with Gasteiger partial charge < -0.3 is 34.5 Å². The van der Waals surface area contributed by atoms with E-state index in [4.69, 9.17) is 9.47 Å². The first-order chi connectivity index (χ1) is 23.2. The molecule has 0 spiro atoms. The number of hydrogen-bond donors (Lipinski definition) is 2. The third kappa shape index (κ3) is 7.20. The van der Waals surface area contributed by atoms with Crippen molar-refractivity contribution in [2.24, 2.45) is 5.92 Å². The molecule has 6 rings (SSSR count). The molecule has 1 aliphatic heterocycles. The molecule has 1 saturated heterocycles. The first-order valence-corrected chi connectivity index (χ1v) is 16.7. The van der Waals surface area contributed by atoms with Gasteiger partial charge in [0.2, 0.25) is 0 Å². The van der Waals surface area contributed by atoms with E-state index in [1.807, 2.05) is 66.7 Å². The summed E-state index contributed by atoms with van der Waals surface area (Å²) in [6, 6.07) is 27.7. The average Bonchev–Trinajstić information content (AvgIpc) is 3.33. The summed E-state index contributed by atoms with van der Waals surface area (Å²) in [5.41, 5.74) is 8.80. The van der Waals surface area contributed by atoms with E-state index in [1.165, 1.54) is 22.2 Å². The second-order valence-electron chi connectivity index (χ2n) is 13.0. The Hall–Kier alpha value is -4.79. The van der Waals surface area contributed by atoms with Crippen molar-refractivity contribution < 1.29 is 14.3 Å². The van der Waals surface area contributed by atoms with Crippen LogP contribution >= 0.6 is 0 Å². The summed E-state index contributed by atoms with van der Waals surface area (Å²) in [4.78, 5) is 18.3. The Bertz CT molecular complexity index is 1850. The average molecular weight is 646 g/mol. The van der Waals surface area contributed by atoms with Gasteiger partial charge in [-0.15, -0.1) is 0 Å². The van der Waals surface area contributed by atoms with Crippen LogP contribution in [-0.4, -0.2) is 74.3 Å². The van der Waals surface area contributed by atoms with Gasteiger partial charge in [0.05, 0.1) is 19.8 Å². The molecule has 48 heavy (non-hydrogen) atoms. The molecule has 0 unspecified atom stereocenters. The highest BCUT2D eigenvalue weighted by atomic mass is 16.5. The highest BCUT2D eigenvalue weighted by Crippen LogP contribution is 2.41. The Morgan fingerprint density at radius 1 is 0.792 bits per heavy atom. The Labute approximate surface area is 284 Å². The third-order valence-electron chi connectivity index (χ3n) is 9.56. The van der Waals surface area contributed by atoms with E-state index in [1.54, 1.807) is 14.2 Å². The number of hydrogen-bond acceptors (Lipinski definition) is 6. The molecule has 4 aromatic carbocycles. The Kier molecular flexibility index (Phi) is 10.0. The maximum Gasteiger partial charge on any atom is 0.255 e. The van der Waals surface area contributed by atoms with Crippen molar-refractivity contribution in [2.45, 2.75) is 27.3 Å². The van der Waals surface area contributed by atoms with Crippen LogP contribution in [0.25, 0.3) is 22.0 Å². The van der Waals surface area contributed by atoms with Crippen molar-refractivity contribution in [3.8, 4) is 22.6 Å². The lowest BCUT2D eigenvalue weighted by Crippen LogP contribution is -2.46. The van der Waals surface area contributed by atoms with Crippen molar-refractivity contribution in [3.63, 3.8) is 0 Å². The monoisotopic (exact) mass is 645 g/mol. The predicted molar refractivity (Wildman–Crippen MR) is 197 cm³/mol. The molecule has 2 N–H and O–H groups in total. The van der Waals surface area contributed by atoms with Crippen LogP contribution in [0.2, 0.25) is 0 Å². The minimum Gasteiger partial charge on any atom is -0.496 e. The zero-order valence-corrected chi connectivity index (χ0v) is 29.0. The number of aromatic nitrogens is 1. The van der Waals surface area contributed by atoms with Crippen LogP contribution in [0.1, 0.15) is 28.5 Å². The van der Waals surface area contributed by atoms with Crippen molar-refractivity contribution >= 4 is 33.9 Å². The molecular formula is C40H47N5O3. The summed E-state index contributed by atoms with van der Waals surface area (Å²) in [6.07, 6.45) is 0. The molecule has 1 atom stereocenters. The molecule has 2 heterocycles. The van der Waals surface area contributed by atoms with Gasteiger partial charge in [-0.2, -0.15) is 0 Å². The van der Waals surface area contributed by atoms with Gasteiger partial charge in [0.1, 0.15) is 11.5 Å². The van der Waals surface area contributed by atoms with E-state index in [2.05, 4.69) is 71.0 Å². The number of nitrogens with zero attached hydrogens (tertiary/aromatic N) is 3. The number of nitrogens with one attached hydrogen (secondary N) is 2. The number of ether oxygens (including phenoxy) is 2. The topological polar surface area (TPSA) is 71.0 Å². The molecule has 8 nitrogen and oxygen atoms in total. The van der Waals surface area contributed by atoms with E-state index in [0.29, 0.717) is 28.7 Å². The van der Waals surface area contributed by atoms with Crippen LogP contribution in [0.4, 0.5) is 17.1 Å². The van der Waals surface area contributed by atoms with Crippen molar-refractivity contribution in [1.29, 1.82) is 0 Å². The van der Waals surface area contributed by atoms with Gasteiger partial charge >= 0.3 is 0 Å². The number of anilines is 3. The standard InChI is InChI=1S/C40H47N5O3/c1-27(25-44-20-18-43(4)19-21-44)26-45-29(3)28(2)35-22-33(16-17-36(35)45)41-32-14-12-31(13-15-32)40(46)42-34-23-37(47-5)39(38(24-34)48-6)30-10-8-7-9-11-30/h7-17,22-24,27,41H,18-21,25-26H2,1-6H3,(H,42,46)/t27-/m1/s1. The summed E-state index contributed by atoms with van der Waals surface area (Å²) in [5, 5.41) is 7.80. The molecule has 1 amide bonds. The molecule has 0 saturated carbocycles. The van der Waals surface area contributed by atoms with Gasteiger partial charge in [-0.05, 0) is 80.4 Å². The number of likely N-dealkylation sites (N-methyl/N-ethyl adjacent to an activating group) is 1. The fourth-order valence-electron chi connectivity index (χ4n) is 6.75. The number of carbonyl (C=O) groups excluding carboxylic acids is 1. The Balaban J connectivity index is 1.12. The van der Waals surface area contributed by atoms with Gasteiger partial charge in [-0.3, -0.25) is 4.79 Å². The molecule has 5 aromatic rings. The van der Waals surface area contributed by atoms with Gasteiger partial charge in [0.15, 0.2) is 0 Å². The molecule has 0 bridgehead atoms. The number of aryl methyl sites for hydroxylation is 1. The molecule has 1 fully saturated rings.